The van der Waals surface area contributed by atoms with E-state index in [1.807, 2.05) is 105 Å². The van der Waals surface area contributed by atoms with Crippen LogP contribution in [-0.4, -0.2) is 103 Å². The minimum Gasteiger partial charge on any atom is -0.491 e. The molecule has 1 aliphatic heterocycles. The van der Waals surface area contributed by atoms with E-state index in [2.05, 4.69) is 9.80 Å². The summed E-state index contributed by atoms with van der Waals surface area (Å²) in [5.41, 5.74) is 3.42. The van der Waals surface area contributed by atoms with Gasteiger partial charge in [-0.25, -0.2) is 0 Å². The van der Waals surface area contributed by atoms with Crippen LogP contribution in [-0.2, 0) is 40.1 Å². The van der Waals surface area contributed by atoms with Crippen LogP contribution in [0.4, 0.5) is 18.9 Å². The largest absolute Gasteiger partial charge is 0.491 e. The molecule has 1 heterocycles. The molecule has 0 spiro atoms. The molecule has 1 fully saturated rings. The van der Waals surface area contributed by atoms with Crippen LogP contribution in [0.1, 0.15) is 48.6 Å². The number of amides is 3. The first-order chi connectivity index (χ1) is 27.7. The van der Waals surface area contributed by atoms with Crippen LogP contribution in [0.5, 0.6) is 5.75 Å². The maximum Gasteiger partial charge on any atom is 0.416 e. The van der Waals surface area contributed by atoms with Crippen molar-refractivity contribution >= 4 is 29.5 Å². The highest BCUT2D eigenvalue weighted by Gasteiger charge is 2.32. The molecule has 0 N–H and O–H groups in total. The molecule has 0 aliphatic carbocycles. The lowest BCUT2D eigenvalue weighted by Gasteiger charge is -2.36. The number of likely N-dealkylation sites (N-methyl/N-ethyl adjacent to an activating group) is 2. The minimum atomic E-state index is -4.48. The van der Waals surface area contributed by atoms with Gasteiger partial charge in [0, 0.05) is 84.5 Å². The van der Waals surface area contributed by atoms with Gasteiger partial charge >= 0.3 is 6.18 Å². The quantitative estimate of drug-likeness (QED) is 0.110. The van der Waals surface area contributed by atoms with Crippen molar-refractivity contribution in [2.24, 2.45) is 0 Å². The first-order valence-electron chi connectivity index (χ1n) is 19.6. The highest BCUT2D eigenvalue weighted by Crippen LogP contribution is 2.29. The van der Waals surface area contributed by atoms with E-state index >= 15 is 0 Å². The fraction of sp³-hybridized carbons (Fsp3) is 0.370. The number of benzene rings is 4. The molecule has 0 bridgehead atoms. The van der Waals surface area contributed by atoms with E-state index in [1.165, 1.54) is 24.3 Å². The molecule has 5 rings (SSSR count). The molecule has 0 saturated carbocycles. The number of rotatable bonds is 16. The second-order valence-electron chi connectivity index (χ2n) is 15.1. The van der Waals surface area contributed by atoms with Gasteiger partial charge in [0.1, 0.15) is 11.8 Å². The van der Waals surface area contributed by atoms with Gasteiger partial charge in [0.15, 0.2) is 0 Å². The highest BCUT2D eigenvalue weighted by molar-refractivity contribution is 5.95. The van der Waals surface area contributed by atoms with Crippen LogP contribution in [0, 0.1) is 0 Å². The van der Waals surface area contributed by atoms with Crippen LogP contribution in [0.15, 0.2) is 109 Å². The van der Waals surface area contributed by atoms with Crippen molar-refractivity contribution in [3.63, 3.8) is 0 Å². The third-order valence-corrected chi connectivity index (χ3v) is 10.2. The molecular formula is C46H54F3N5O4. The number of alkyl halides is 3. The summed E-state index contributed by atoms with van der Waals surface area (Å²) < 4.78 is 45.5. The van der Waals surface area contributed by atoms with Crippen LogP contribution in [0.3, 0.4) is 0 Å². The van der Waals surface area contributed by atoms with E-state index in [4.69, 9.17) is 4.74 Å². The number of carbonyl (C=O) groups excluding carboxylic acids is 3. The Morgan fingerprint density at radius 1 is 0.759 bits per heavy atom. The van der Waals surface area contributed by atoms with Gasteiger partial charge in [-0.1, -0.05) is 66.7 Å². The lowest BCUT2D eigenvalue weighted by atomic mass is 10.0. The Bertz CT molecular complexity index is 1960. The molecule has 9 nitrogen and oxygen atoms in total. The lowest BCUT2D eigenvalue weighted by molar-refractivity contribution is -0.143. The monoisotopic (exact) mass is 797 g/mol. The summed E-state index contributed by atoms with van der Waals surface area (Å²) >= 11 is 0. The number of carbonyl (C=O) groups is 3. The molecule has 3 amide bonds. The highest BCUT2D eigenvalue weighted by atomic mass is 19.4. The SMILES string of the molecule is CC(=O)N1CCN(c2ccc(CN(C(=O)C=Cc3ccc(C(F)(F)F)cc3)C(Cc3ccccc3)C(=O)N(C)CCN(C)Cc3ccc(OC(C)C)cc3)cc2)CC1. The second kappa shape index (κ2) is 20.2. The Hall–Kier alpha value is -5.62. The number of ether oxygens (including phenoxy) is 1. The molecule has 12 heteroatoms. The van der Waals surface area contributed by atoms with Gasteiger partial charge < -0.3 is 29.2 Å². The molecular weight excluding hydrogens is 744 g/mol. The summed E-state index contributed by atoms with van der Waals surface area (Å²) in [5, 5.41) is 0. The van der Waals surface area contributed by atoms with Gasteiger partial charge in [-0.05, 0) is 85.6 Å². The van der Waals surface area contributed by atoms with Gasteiger partial charge in [0.2, 0.25) is 17.7 Å². The molecule has 4 aromatic carbocycles. The zero-order chi connectivity index (χ0) is 41.8. The van der Waals surface area contributed by atoms with Crippen molar-refractivity contribution in [1.29, 1.82) is 0 Å². The smallest absolute Gasteiger partial charge is 0.416 e. The Kier molecular flexibility index (Phi) is 15.1. The summed E-state index contributed by atoms with van der Waals surface area (Å²) in [5.74, 6) is 0.186. The summed E-state index contributed by atoms with van der Waals surface area (Å²) in [6, 6.07) is 29.0. The van der Waals surface area contributed by atoms with Crippen molar-refractivity contribution in [3.05, 3.63) is 137 Å². The lowest BCUT2D eigenvalue weighted by Crippen LogP contribution is -2.51. The van der Waals surface area contributed by atoms with Crippen molar-refractivity contribution in [2.75, 3.05) is 58.3 Å². The summed E-state index contributed by atoms with van der Waals surface area (Å²) in [6.45, 7) is 9.99. The van der Waals surface area contributed by atoms with Gasteiger partial charge in [0.05, 0.1) is 11.7 Å². The number of halogens is 3. The summed E-state index contributed by atoms with van der Waals surface area (Å²) in [4.78, 5) is 50.1. The maximum absolute atomic E-state index is 14.6. The van der Waals surface area contributed by atoms with E-state index in [-0.39, 0.29) is 30.9 Å². The molecule has 1 saturated heterocycles. The molecule has 1 aliphatic rings. The maximum atomic E-state index is 14.6. The van der Waals surface area contributed by atoms with E-state index < -0.39 is 23.7 Å². The first-order valence-corrected chi connectivity index (χ1v) is 19.6. The minimum absolute atomic E-state index is 0.0584. The molecule has 0 radical (unpaired) electrons. The van der Waals surface area contributed by atoms with E-state index in [0.717, 1.165) is 40.3 Å². The second-order valence-corrected chi connectivity index (χ2v) is 15.1. The Labute approximate surface area is 340 Å². The van der Waals surface area contributed by atoms with Gasteiger partial charge in [-0.15, -0.1) is 0 Å². The first kappa shape index (κ1) is 43.5. The molecule has 0 aromatic heterocycles. The molecule has 308 valence electrons. The van der Waals surface area contributed by atoms with Crippen molar-refractivity contribution < 1.29 is 32.3 Å². The normalized spacial score (nSPS) is 13.9. The van der Waals surface area contributed by atoms with Crippen molar-refractivity contribution in [2.45, 2.75) is 58.6 Å². The third kappa shape index (κ3) is 12.7. The number of piperazine rings is 1. The summed E-state index contributed by atoms with van der Waals surface area (Å²) in [6.07, 6.45) is -1.34. The molecule has 1 atom stereocenters. The molecule has 58 heavy (non-hydrogen) atoms. The van der Waals surface area contributed by atoms with Crippen LogP contribution >= 0.6 is 0 Å². The predicted octanol–water partition coefficient (Wildman–Crippen LogP) is 7.40. The predicted molar refractivity (Wildman–Crippen MR) is 222 cm³/mol. The van der Waals surface area contributed by atoms with Crippen LogP contribution in [0.25, 0.3) is 6.08 Å². The Morgan fingerprint density at radius 3 is 1.95 bits per heavy atom. The number of nitrogens with zero attached hydrogens (tertiary/aromatic N) is 5. The number of hydrogen-bond donors (Lipinski definition) is 0. The van der Waals surface area contributed by atoms with Gasteiger partial charge in [0.25, 0.3) is 0 Å². The van der Waals surface area contributed by atoms with Gasteiger partial charge in [-0.3, -0.25) is 14.4 Å². The van der Waals surface area contributed by atoms with E-state index in [1.54, 1.807) is 23.8 Å². The third-order valence-electron chi connectivity index (χ3n) is 10.2. The standard InChI is InChI=1S/C46H54F3N5O4/c1-34(2)58-42-22-15-38(16-23-42)32-50(4)25-26-51(5)45(57)43(31-37-9-7-6-8-10-37)54(44(56)24-17-36-11-18-40(19-12-36)46(47,48)49)33-39-13-20-41(21-14-39)53-29-27-52(28-30-53)35(3)55/h6-24,34,43H,25-33H2,1-5H3. The Morgan fingerprint density at radius 2 is 1.36 bits per heavy atom. The van der Waals surface area contributed by atoms with Crippen molar-refractivity contribution in [1.82, 2.24) is 19.6 Å². The molecule has 1 unspecified atom stereocenters. The summed E-state index contributed by atoms with van der Waals surface area (Å²) in [7, 11) is 3.74. The molecule has 4 aromatic rings. The number of anilines is 1. The fourth-order valence-corrected chi connectivity index (χ4v) is 6.87. The zero-order valence-electron chi connectivity index (χ0n) is 34.0. The van der Waals surface area contributed by atoms with Crippen LogP contribution in [0.2, 0.25) is 0 Å². The van der Waals surface area contributed by atoms with Crippen LogP contribution < -0.4 is 9.64 Å². The Balaban J connectivity index is 1.37. The van der Waals surface area contributed by atoms with Crippen molar-refractivity contribution in [3.8, 4) is 5.75 Å². The number of hydrogen-bond acceptors (Lipinski definition) is 6. The average molecular weight is 798 g/mol. The van der Waals surface area contributed by atoms with Gasteiger partial charge in [-0.2, -0.15) is 13.2 Å². The zero-order valence-corrected chi connectivity index (χ0v) is 34.0. The van der Waals surface area contributed by atoms with E-state index in [9.17, 15) is 27.6 Å². The van der Waals surface area contributed by atoms with E-state index in [0.29, 0.717) is 51.4 Å². The topological polar surface area (TPSA) is 76.6 Å². The average Bonchev–Trinajstić information content (AvgIpc) is 3.21. The fourth-order valence-electron chi connectivity index (χ4n) is 6.87.